The van der Waals surface area contributed by atoms with E-state index in [0.717, 1.165) is 29.3 Å². The van der Waals surface area contributed by atoms with Crippen LogP contribution in [0.15, 0.2) is 30.5 Å². The first-order chi connectivity index (χ1) is 12.6. The predicted octanol–water partition coefficient (Wildman–Crippen LogP) is 3.82. The van der Waals surface area contributed by atoms with E-state index in [0.29, 0.717) is 6.42 Å². The number of ether oxygens (including phenoxy) is 1. The highest BCUT2D eigenvalue weighted by atomic mass is 16.5. The number of likely N-dealkylation sites (N-methyl/N-ethyl adjacent to an activating group) is 1. The van der Waals surface area contributed by atoms with Gasteiger partial charge in [-0.2, -0.15) is 0 Å². The average molecular weight is 356 g/mol. The van der Waals surface area contributed by atoms with Crippen molar-refractivity contribution in [2.45, 2.75) is 64.0 Å². The summed E-state index contributed by atoms with van der Waals surface area (Å²) in [6.07, 6.45) is 7.75. The molecule has 5 heteroatoms. The Morgan fingerprint density at radius 2 is 1.96 bits per heavy atom. The van der Waals surface area contributed by atoms with Crippen molar-refractivity contribution in [1.82, 2.24) is 9.88 Å². The molecule has 26 heavy (non-hydrogen) atoms. The molecule has 1 aliphatic rings. The van der Waals surface area contributed by atoms with Gasteiger partial charge in [-0.25, -0.2) is 0 Å². The number of nitrogens with one attached hydrogen (secondary N) is 1. The molecule has 1 amide bonds. The lowest BCUT2D eigenvalue weighted by atomic mass is 9.94. The third-order valence-corrected chi connectivity index (χ3v) is 5.40. The van der Waals surface area contributed by atoms with Crippen LogP contribution in [0.25, 0.3) is 10.9 Å². The van der Waals surface area contributed by atoms with Gasteiger partial charge < -0.3 is 14.6 Å². The number of aromatic amines is 1. The van der Waals surface area contributed by atoms with Crippen molar-refractivity contribution in [3.8, 4) is 0 Å². The number of amides is 1. The molecule has 5 nitrogen and oxygen atoms in total. The van der Waals surface area contributed by atoms with Gasteiger partial charge in [0, 0.05) is 36.6 Å². The molecule has 0 bridgehead atoms. The summed E-state index contributed by atoms with van der Waals surface area (Å²) in [5, 5.41) is 1.13. The number of carbonyl (C=O) groups is 2. The zero-order valence-corrected chi connectivity index (χ0v) is 15.7. The fourth-order valence-electron chi connectivity index (χ4n) is 3.82. The molecule has 1 aromatic heterocycles. The van der Waals surface area contributed by atoms with Crippen molar-refractivity contribution in [1.29, 1.82) is 0 Å². The number of aryl methyl sites for hydroxylation is 1. The Kier molecular flexibility index (Phi) is 5.96. The van der Waals surface area contributed by atoms with Crippen molar-refractivity contribution in [2.75, 3.05) is 7.05 Å². The van der Waals surface area contributed by atoms with Gasteiger partial charge in [0.2, 0.25) is 0 Å². The maximum Gasteiger partial charge on any atom is 0.306 e. The number of nitrogens with zero attached hydrogens (tertiary/aromatic N) is 1. The fraction of sp³-hybridized carbons (Fsp3) is 0.524. The molecule has 0 saturated heterocycles. The summed E-state index contributed by atoms with van der Waals surface area (Å²) >= 11 is 0. The molecule has 2 aromatic rings. The number of esters is 1. The number of benzene rings is 1. The Hall–Kier alpha value is -2.30. The van der Waals surface area contributed by atoms with Gasteiger partial charge in [-0.15, -0.1) is 0 Å². The molecule has 1 aliphatic carbocycles. The van der Waals surface area contributed by atoms with Crippen LogP contribution >= 0.6 is 0 Å². The van der Waals surface area contributed by atoms with Crippen LogP contribution in [0, 0.1) is 0 Å². The Morgan fingerprint density at radius 1 is 1.23 bits per heavy atom. The molecule has 1 atom stereocenters. The zero-order chi connectivity index (χ0) is 18.5. The minimum absolute atomic E-state index is 0.0997. The number of fused-ring (bicyclic) bond motifs is 1. The van der Waals surface area contributed by atoms with Gasteiger partial charge in [0.1, 0.15) is 0 Å². The summed E-state index contributed by atoms with van der Waals surface area (Å²) in [4.78, 5) is 29.7. The van der Waals surface area contributed by atoms with Gasteiger partial charge in [-0.05, 0) is 37.8 Å². The van der Waals surface area contributed by atoms with E-state index < -0.39 is 6.10 Å². The number of hydrogen-bond donors (Lipinski definition) is 1. The van der Waals surface area contributed by atoms with Crippen molar-refractivity contribution in [3.05, 3.63) is 36.0 Å². The Labute approximate surface area is 154 Å². The third-order valence-electron chi connectivity index (χ3n) is 5.40. The Balaban J connectivity index is 1.50. The van der Waals surface area contributed by atoms with Crippen LogP contribution in [-0.4, -0.2) is 41.0 Å². The molecule has 1 N–H and O–H groups in total. The van der Waals surface area contributed by atoms with Crippen LogP contribution in [-0.2, 0) is 20.7 Å². The summed E-state index contributed by atoms with van der Waals surface area (Å²) in [7, 11) is 1.83. The number of aromatic nitrogens is 1. The fourth-order valence-corrected chi connectivity index (χ4v) is 3.82. The van der Waals surface area contributed by atoms with Crippen LogP contribution in [0.2, 0.25) is 0 Å². The van der Waals surface area contributed by atoms with Crippen molar-refractivity contribution in [2.24, 2.45) is 0 Å². The van der Waals surface area contributed by atoms with Gasteiger partial charge in [-0.3, -0.25) is 9.59 Å². The molecular weight excluding hydrogens is 328 g/mol. The van der Waals surface area contributed by atoms with Gasteiger partial charge in [0.25, 0.3) is 5.91 Å². The quantitative estimate of drug-likeness (QED) is 0.800. The Morgan fingerprint density at radius 3 is 2.73 bits per heavy atom. The second-order valence-corrected chi connectivity index (χ2v) is 7.23. The van der Waals surface area contributed by atoms with E-state index in [4.69, 9.17) is 4.74 Å². The van der Waals surface area contributed by atoms with E-state index in [1.807, 2.05) is 37.5 Å². The number of carbonyl (C=O) groups excluding carboxylic acids is 2. The molecule has 0 aliphatic heterocycles. The first-order valence-corrected chi connectivity index (χ1v) is 9.57. The van der Waals surface area contributed by atoms with E-state index >= 15 is 0 Å². The van der Waals surface area contributed by atoms with Gasteiger partial charge in [0.05, 0.1) is 0 Å². The second-order valence-electron chi connectivity index (χ2n) is 7.23. The minimum Gasteiger partial charge on any atom is -0.453 e. The molecular formula is C21H28N2O3. The van der Waals surface area contributed by atoms with Crippen molar-refractivity contribution >= 4 is 22.8 Å². The number of H-pyrrole nitrogens is 1. The third kappa shape index (κ3) is 4.26. The summed E-state index contributed by atoms with van der Waals surface area (Å²) in [5.41, 5.74) is 2.16. The first-order valence-electron chi connectivity index (χ1n) is 9.57. The SMILES string of the molecule is C[C@@H](OC(=O)CCc1c[nH]c2ccccc12)C(=O)N(C)C1CCCCC1. The smallest absolute Gasteiger partial charge is 0.306 e. The molecule has 1 fully saturated rings. The molecule has 0 radical (unpaired) electrons. The van der Waals surface area contributed by atoms with Crippen LogP contribution in [0.1, 0.15) is 51.0 Å². The molecule has 0 spiro atoms. The van der Waals surface area contributed by atoms with Crippen LogP contribution in [0.3, 0.4) is 0 Å². The largest absolute Gasteiger partial charge is 0.453 e. The maximum absolute atomic E-state index is 12.5. The van der Waals surface area contributed by atoms with Crippen LogP contribution in [0.4, 0.5) is 0 Å². The van der Waals surface area contributed by atoms with Crippen molar-refractivity contribution in [3.63, 3.8) is 0 Å². The van der Waals surface area contributed by atoms with E-state index in [1.54, 1.807) is 11.8 Å². The lowest BCUT2D eigenvalue weighted by Crippen LogP contribution is -2.44. The normalized spacial score (nSPS) is 16.4. The summed E-state index contributed by atoms with van der Waals surface area (Å²) < 4.78 is 5.39. The summed E-state index contributed by atoms with van der Waals surface area (Å²) in [5.74, 6) is -0.425. The van der Waals surface area contributed by atoms with Gasteiger partial charge in [-0.1, -0.05) is 37.5 Å². The molecule has 140 valence electrons. The number of rotatable bonds is 6. The minimum atomic E-state index is -0.725. The lowest BCUT2D eigenvalue weighted by molar-refractivity contribution is -0.159. The molecule has 1 aromatic carbocycles. The monoisotopic (exact) mass is 356 g/mol. The van der Waals surface area contributed by atoms with E-state index in [9.17, 15) is 9.59 Å². The number of para-hydroxylation sites is 1. The van der Waals surface area contributed by atoms with Crippen LogP contribution < -0.4 is 0 Å². The number of hydrogen-bond acceptors (Lipinski definition) is 3. The summed E-state index contributed by atoms with van der Waals surface area (Å²) in [6.45, 7) is 1.67. The van der Waals surface area contributed by atoms with Gasteiger partial charge >= 0.3 is 5.97 Å². The highest BCUT2D eigenvalue weighted by molar-refractivity contribution is 5.85. The molecule has 3 rings (SSSR count). The van der Waals surface area contributed by atoms with Gasteiger partial charge in [0.15, 0.2) is 6.10 Å². The topological polar surface area (TPSA) is 62.4 Å². The first kappa shape index (κ1) is 18.5. The highest BCUT2D eigenvalue weighted by Crippen LogP contribution is 2.23. The van der Waals surface area contributed by atoms with E-state index in [2.05, 4.69) is 4.98 Å². The van der Waals surface area contributed by atoms with Crippen molar-refractivity contribution < 1.29 is 14.3 Å². The van der Waals surface area contributed by atoms with Crippen LogP contribution in [0.5, 0.6) is 0 Å². The maximum atomic E-state index is 12.5. The van der Waals surface area contributed by atoms with E-state index in [-0.39, 0.29) is 24.3 Å². The highest BCUT2D eigenvalue weighted by Gasteiger charge is 2.27. The predicted molar refractivity (Wildman–Crippen MR) is 102 cm³/mol. The second kappa shape index (κ2) is 8.39. The van der Waals surface area contributed by atoms with E-state index in [1.165, 1.54) is 19.3 Å². The summed E-state index contributed by atoms with van der Waals surface area (Å²) in [6, 6.07) is 8.30. The Bertz CT molecular complexity index is 761. The standard InChI is InChI=1S/C21H28N2O3/c1-15(21(25)23(2)17-8-4-3-5-9-17)26-20(24)13-12-16-14-22-19-11-7-6-10-18(16)19/h6-7,10-11,14-15,17,22H,3-5,8-9,12-13H2,1-2H3/t15-/m1/s1. The molecule has 1 heterocycles. The lowest BCUT2D eigenvalue weighted by Gasteiger charge is -2.32. The molecule has 0 unspecified atom stereocenters. The molecule has 1 saturated carbocycles. The zero-order valence-electron chi connectivity index (χ0n) is 15.7. The average Bonchev–Trinajstić information content (AvgIpc) is 3.09.